The van der Waals surface area contributed by atoms with Crippen molar-refractivity contribution < 1.29 is 28.2 Å². The number of aromatic nitrogens is 5. The molecule has 0 spiro atoms. The van der Waals surface area contributed by atoms with E-state index < -0.39 is 18.2 Å². The zero-order valence-corrected chi connectivity index (χ0v) is 19.5. The number of hydrogen-bond acceptors (Lipinski definition) is 8. The van der Waals surface area contributed by atoms with Crippen molar-refractivity contribution in [3.05, 3.63) is 42.5 Å². The average Bonchev–Trinajstić information content (AvgIpc) is 3.57. The second kappa shape index (κ2) is 9.48. The third kappa shape index (κ3) is 4.51. The predicted octanol–water partition coefficient (Wildman–Crippen LogP) is 3.61. The Morgan fingerprint density at radius 3 is 2.86 bits per heavy atom. The van der Waals surface area contributed by atoms with Crippen molar-refractivity contribution >= 4 is 34.0 Å². The van der Waals surface area contributed by atoms with Gasteiger partial charge in [0.15, 0.2) is 11.5 Å². The van der Waals surface area contributed by atoms with Crippen molar-refractivity contribution in [3.8, 4) is 11.4 Å². The molecule has 0 aromatic carbocycles. The molecule has 192 valence electrons. The van der Waals surface area contributed by atoms with Crippen LogP contribution in [-0.4, -0.2) is 74.8 Å². The van der Waals surface area contributed by atoms with Crippen molar-refractivity contribution in [1.29, 1.82) is 0 Å². The van der Waals surface area contributed by atoms with Crippen LogP contribution in [-0.2, 0) is 9.47 Å². The lowest BCUT2D eigenvalue weighted by molar-refractivity contribution is -0.00127. The topological polar surface area (TPSA) is 127 Å². The van der Waals surface area contributed by atoms with Crippen molar-refractivity contribution in [2.45, 2.75) is 19.0 Å². The summed E-state index contributed by atoms with van der Waals surface area (Å²) in [5.74, 6) is 0.649. The van der Waals surface area contributed by atoms with Crippen LogP contribution in [0.4, 0.5) is 25.1 Å². The minimum absolute atomic E-state index is 0.00625. The summed E-state index contributed by atoms with van der Waals surface area (Å²) in [6.45, 7) is 3.60. The van der Waals surface area contributed by atoms with Gasteiger partial charge in [-0.25, -0.2) is 28.1 Å². The van der Waals surface area contributed by atoms with E-state index in [9.17, 15) is 13.6 Å². The highest BCUT2D eigenvalue weighted by molar-refractivity contribution is 5.98. The number of rotatable bonds is 5. The van der Waals surface area contributed by atoms with Crippen LogP contribution in [0.2, 0.25) is 0 Å². The van der Waals surface area contributed by atoms with Gasteiger partial charge in [0.1, 0.15) is 11.5 Å². The van der Waals surface area contributed by atoms with Gasteiger partial charge < -0.3 is 19.5 Å². The van der Waals surface area contributed by atoms with E-state index >= 15 is 0 Å². The molecule has 2 atom stereocenters. The molecule has 37 heavy (non-hydrogen) atoms. The SMILES string of the molecule is O=C(O)Nc1cc2c(-c3nc4ccc(N5CCO[C@@H]([C@H]6CCOC6)C5)cn4n3)cnc(C(F)F)c2cn1. The standard InChI is InChI=1S/C24H23F2N7O4/c25-22(26)21-16-8-27-19(29-24(34)35)7-15(16)17(9-28-21)23-30-20-2-1-14(10-33(20)31-23)32-4-6-37-18(11-32)13-3-5-36-12-13/h1-2,7-10,13,18,22H,3-6,11-12H2,(H,27,29)(H,34,35)/t13-,18+/m0/s1. The fourth-order valence-electron chi connectivity index (χ4n) is 4.90. The maximum Gasteiger partial charge on any atom is 0.410 e. The smallest absolute Gasteiger partial charge is 0.410 e. The molecule has 2 fully saturated rings. The minimum Gasteiger partial charge on any atom is -0.465 e. The summed E-state index contributed by atoms with van der Waals surface area (Å²) < 4.78 is 40.4. The lowest BCUT2D eigenvalue weighted by atomic mass is 10.00. The number of carbonyl (C=O) groups is 1. The first-order chi connectivity index (χ1) is 18.0. The Morgan fingerprint density at radius 2 is 2.08 bits per heavy atom. The van der Waals surface area contributed by atoms with Gasteiger partial charge in [-0.15, -0.1) is 5.10 Å². The molecule has 2 saturated heterocycles. The number of nitrogens with zero attached hydrogens (tertiary/aromatic N) is 6. The number of hydrogen-bond donors (Lipinski definition) is 2. The van der Waals surface area contributed by atoms with Crippen LogP contribution in [0.5, 0.6) is 0 Å². The van der Waals surface area contributed by atoms with Gasteiger partial charge in [0.05, 0.1) is 31.2 Å². The maximum absolute atomic E-state index is 13.6. The van der Waals surface area contributed by atoms with Crippen LogP contribution in [0.15, 0.2) is 36.8 Å². The van der Waals surface area contributed by atoms with E-state index in [2.05, 4.69) is 30.3 Å². The molecule has 6 rings (SSSR count). The maximum atomic E-state index is 13.6. The number of amides is 1. The Hall–Kier alpha value is -3.97. The number of pyridine rings is 3. The van der Waals surface area contributed by atoms with Gasteiger partial charge in [-0.3, -0.25) is 10.3 Å². The largest absolute Gasteiger partial charge is 0.465 e. The molecule has 0 aliphatic carbocycles. The van der Waals surface area contributed by atoms with Crippen LogP contribution < -0.4 is 10.2 Å². The van der Waals surface area contributed by atoms with Gasteiger partial charge in [-0.2, -0.15) is 0 Å². The van der Waals surface area contributed by atoms with E-state index in [-0.39, 0.29) is 23.1 Å². The third-order valence-corrected chi connectivity index (χ3v) is 6.75. The van der Waals surface area contributed by atoms with E-state index in [1.54, 1.807) is 4.52 Å². The molecular formula is C24H23F2N7O4. The van der Waals surface area contributed by atoms with E-state index in [1.165, 1.54) is 18.5 Å². The lowest BCUT2D eigenvalue weighted by Crippen LogP contribution is -2.46. The monoisotopic (exact) mass is 511 g/mol. The number of morpholine rings is 1. The summed E-state index contributed by atoms with van der Waals surface area (Å²) in [5, 5.41) is 16.2. The van der Waals surface area contributed by atoms with Crippen LogP contribution in [0.25, 0.3) is 27.8 Å². The number of carboxylic acid groups (broad SMARTS) is 1. The first-order valence-corrected chi connectivity index (χ1v) is 11.8. The number of nitrogens with one attached hydrogen (secondary N) is 1. The van der Waals surface area contributed by atoms with Gasteiger partial charge in [-0.05, 0) is 24.6 Å². The Bertz CT molecular complexity index is 1470. The average molecular weight is 511 g/mol. The molecule has 13 heteroatoms. The highest BCUT2D eigenvalue weighted by Gasteiger charge is 2.31. The van der Waals surface area contributed by atoms with Crippen LogP contribution in [0, 0.1) is 5.92 Å². The minimum atomic E-state index is -2.83. The molecule has 0 saturated carbocycles. The number of ether oxygens (including phenoxy) is 2. The van der Waals surface area contributed by atoms with Crippen LogP contribution in [0.3, 0.4) is 0 Å². The van der Waals surface area contributed by atoms with Gasteiger partial charge in [0.25, 0.3) is 6.43 Å². The fraction of sp³-hybridized carbons (Fsp3) is 0.375. The zero-order valence-electron chi connectivity index (χ0n) is 19.5. The Kier molecular flexibility index (Phi) is 6.00. The third-order valence-electron chi connectivity index (χ3n) is 6.75. The normalized spacial score (nSPS) is 20.2. The molecule has 1 amide bonds. The number of fused-ring (bicyclic) bond motifs is 2. The Labute approximate surface area is 209 Å². The molecule has 6 heterocycles. The van der Waals surface area contributed by atoms with E-state index in [1.807, 2.05) is 18.3 Å². The highest BCUT2D eigenvalue weighted by atomic mass is 19.3. The Morgan fingerprint density at radius 1 is 1.19 bits per heavy atom. The molecule has 0 bridgehead atoms. The molecule has 4 aromatic rings. The molecule has 0 unspecified atom stereocenters. The van der Waals surface area contributed by atoms with Gasteiger partial charge in [0.2, 0.25) is 0 Å². The van der Waals surface area contributed by atoms with Crippen LogP contribution in [0.1, 0.15) is 18.5 Å². The summed E-state index contributed by atoms with van der Waals surface area (Å²) >= 11 is 0. The summed E-state index contributed by atoms with van der Waals surface area (Å²) in [4.78, 5) is 25.8. The lowest BCUT2D eigenvalue weighted by Gasteiger charge is -2.36. The Balaban J connectivity index is 1.36. The summed E-state index contributed by atoms with van der Waals surface area (Å²) in [6, 6.07) is 5.19. The zero-order chi connectivity index (χ0) is 25.5. The van der Waals surface area contributed by atoms with Gasteiger partial charge >= 0.3 is 6.09 Å². The summed E-state index contributed by atoms with van der Waals surface area (Å²) in [5.41, 5.74) is 1.46. The summed E-state index contributed by atoms with van der Waals surface area (Å²) in [6.07, 6.45) is 1.28. The van der Waals surface area contributed by atoms with Gasteiger partial charge in [-0.1, -0.05) is 0 Å². The quantitative estimate of drug-likeness (QED) is 0.413. The number of alkyl halides is 2. The number of anilines is 2. The molecule has 2 aliphatic rings. The van der Waals surface area contributed by atoms with E-state index in [4.69, 9.17) is 14.6 Å². The van der Waals surface area contributed by atoms with Crippen molar-refractivity contribution in [3.63, 3.8) is 0 Å². The molecule has 0 radical (unpaired) electrons. The molecule has 2 aliphatic heterocycles. The summed E-state index contributed by atoms with van der Waals surface area (Å²) in [7, 11) is 0. The second-order valence-corrected chi connectivity index (χ2v) is 9.01. The highest BCUT2D eigenvalue weighted by Crippen LogP contribution is 2.33. The second-order valence-electron chi connectivity index (χ2n) is 9.01. The molecular weight excluding hydrogens is 488 g/mol. The fourth-order valence-corrected chi connectivity index (χ4v) is 4.90. The predicted molar refractivity (Wildman–Crippen MR) is 129 cm³/mol. The van der Waals surface area contributed by atoms with E-state index in [0.717, 1.165) is 38.4 Å². The van der Waals surface area contributed by atoms with Crippen LogP contribution >= 0.6 is 0 Å². The molecule has 4 aromatic heterocycles. The first kappa shape index (κ1) is 23.4. The van der Waals surface area contributed by atoms with Crippen molar-refractivity contribution in [2.75, 3.05) is 43.1 Å². The number of halogens is 2. The van der Waals surface area contributed by atoms with Crippen molar-refractivity contribution in [1.82, 2.24) is 24.6 Å². The molecule has 2 N–H and O–H groups in total. The first-order valence-electron chi connectivity index (χ1n) is 11.8. The van der Waals surface area contributed by atoms with E-state index in [0.29, 0.717) is 29.1 Å². The van der Waals surface area contributed by atoms with Crippen molar-refractivity contribution in [2.24, 2.45) is 5.92 Å². The van der Waals surface area contributed by atoms with Gasteiger partial charge in [0, 0.05) is 54.3 Å². The molecule has 11 nitrogen and oxygen atoms in total.